The highest BCUT2D eigenvalue weighted by molar-refractivity contribution is 7.80. The fraction of sp³-hybridized carbons (Fsp3) is 0.562. The van der Waals surface area contributed by atoms with Crippen LogP contribution in [0, 0.1) is 0 Å². The number of hydrogen-bond acceptors (Lipinski definition) is 2. The Morgan fingerprint density at radius 2 is 1.67 bits per heavy atom. The van der Waals surface area contributed by atoms with Crippen LogP contribution in [0.15, 0.2) is 30.3 Å². The average molecular weight is 306 g/mol. The number of rotatable bonds is 2. The fourth-order valence-electron chi connectivity index (χ4n) is 3.24. The van der Waals surface area contributed by atoms with E-state index in [0.717, 1.165) is 18.5 Å². The second-order valence-electron chi connectivity index (χ2n) is 6.99. The molecule has 0 bridgehead atoms. The van der Waals surface area contributed by atoms with Gasteiger partial charge in [-0.1, -0.05) is 18.2 Å². The van der Waals surface area contributed by atoms with Gasteiger partial charge in [-0.25, -0.2) is 0 Å². The van der Waals surface area contributed by atoms with Gasteiger partial charge in [-0.3, -0.25) is 0 Å². The van der Waals surface area contributed by atoms with E-state index in [1.807, 2.05) is 58.0 Å². The summed E-state index contributed by atoms with van der Waals surface area (Å²) >= 11 is 5.38. The molecule has 5 heteroatoms. The molecule has 115 valence electrons. The molecule has 1 fully saturated rings. The summed E-state index contributed by atoms with van der Waals surface area (Å²) in [4.78, 5) is 0. The van der Waals surface area contributed by atoms with Crippen molar-refractivity contribution in [2.24, 2.45) is 0 Å². The minimum absolute atomic E-state index is 0.198. The third-order valence-corrected chi connectivity index (χ3v) is 4.18. The summed E-state index contributed by atoms with van der Waals surface area (Å²) in [6.45, 7) is 7.96. The lowest BCUT2D eigenvalue weighted by molar-refractivity contribution is -0.289. The summed E-state index contributed by atoms with van der Waals surface area (Å²) in [6.07, 6.45) is 1.55. The molecule has 1 aromatic carbocycles. The maximum Gasteiger partial charge on any atom is 0.170 e. The first-order chi connectivity index (χ1) is 9.71. The first-order valence-electron chi connectivity index (χ1n) is 7.31. The van der Waals surface area contributed by atoms with Crippen molar-refractivity contribution in [3.05, 3.63) is 30.3 Å². The van der Waals surface area contributed by atoms with Crippen LogP contribution in [0.5, 0.6) is 0 Å². The summed E-state index contributed by atoms with van der Waals surface area (Å²) < 4.78 is 0. The number of benzene rings is 1. The third kappa shape index (κ3) is 3.93. The Bertz CT molecular complexity index is 484. The lowest BCUT2D eigenvalue weighted by Crippen LogP contribution is -2.62. The van der Waals surface area contributed by atoms with Crippen molar-refractivity contribution in [2.75, 3.05) is 5.32 Å². The highest BCUT2D eigenvalue weighted by Crippen LogP contribution is 2.36. The average Bonchev–Trinajstić information content (AvgIpc) is 2.36. The van der Waals surface area contributed by atoms with Crippen LogP contribution in [-0.2, 0) is 5.21 Å². The molecule has 1 aliphatic heterocycles. The van der Waals surface area contributed by atoms with E-state index >= 15 is 0 Å². The summed E-state index contributed by atoms with van der Waals surface area (Å²) in [5, 5.41) is 20.7. The lowest BCUT2D eigenvalue weighted by Gasteiger charge is -2.50. The number of para-hydroxylation sites is 1. The van der Waals surface area contributed by atoms with Gasteiger partial charge in [0.15, 0.2) is 5.11 Å². The molecule has 2 N–H and O–H groups in total. The van der Waals surface area contributed by atoms with Gasteiger partial charge in [0.25, 0.3) is 0 Å². The monoisotopic (exact) mass is 306 g/mol. The van der Waals surface area contributed by atoms with E-state index in [2.05, 4.69) is 10.6 Å². The van der Waals surface area contributed by atoms with Crippen molar-refractivity contribution in [2.45, 2.75) is 57.7 Å². The van der Waals surface area contributed by atoms with Gasteiger partial charge < -0.3 is 10.6 Å². The normalized spacial score (nSPS) is 21.8. The molecule has 1 aliphatic rings. The van der Waals surface area contributed by atoms with Gasteiger partial charge in [0, 0.05) is 22.8 Å². The molecule has 1 heterocycles. The van der Waals surface area contributed by atoms with E-state index in [9.17, 15) is 5.21 Å². The van der Waals surface area contributed by atoms with Crippen LogP contribution < -0.4 is 10.6 Å². The number of anilines is 1. The molecule has 1 radical (unpaired) electrons. The van der Waals surface area contributed by atoms with Crippen molar-refractivity contribution in [1.29, 1.82) is 0 Å². The summed E-state index contributed by atoms with van der Waals surface area (Å²) in [7, 11) is 0. The summed E-state index contributed by atoms with van der Waals surface area (Å²) in [5.74, 6) is 0. The minimum Gasteiger partial charge on any atom is -0.360 e. The van der Waals surface area contributed by atoms with Crippen LogP contribution in [0.2, 0.25) is 0 Å². The molecule has 0 saturated carbocycles. The zero-order chi connectivity index (χ0) is 15.7. The molecule has 0 amide bonds. The van der Waals surface area contributed by atoms with Crippen LogP contribution in [0.25, 0.3) is 0 Å². The predicted octanol–water partition coefficient (Wildman–Crippen LogP) is 3.34. The van der Waals surface area contributed by atoms with Gasteiger partial charge in [0.1, 0.15) is 0 Å². The van der Waals surface area contributed by atoms with Gasteiger partial charge in [-0.15, -0.1) is 10.3 Å². The number of hydroxylamine groups is 2. The third-order valence-electron chi connectivity index (χ3n) is 3.96. The number of nitrogens with zero attached hydrogens (tertiary/aromatic N) is 1. The van der Waals surface area contributed by atoms with E-state index in [-0.39, 0.29) is 17.1 Å². The minimum atomic E-state index is -0.387. The van der Waals surface area contributed by atoms with Gasteiger partial charge in [0.2, 0.25) is 0 Å². The van der Waals surface area contributed by atoms with Crippen LogP contribution >= 0.6 is 12.2 Å². The van der Waals surface area contributed by atoms with Crippen molar-refractivity contribution in [1.82, 2.24) is 10.4 Å². The Labute approximate surface area is 132 Å². The van der Waals surface area contributed by atoms with Gasteiger partial charge in [-0.2, -0.15) is 0 Å². The number of thiocarbonyl (C=S) groups is 1. The quantitative estimate of drug-likeness (QED) is 0.823. The van der Waals surface area contributed by atoms with E-state index in [1.54, 1.807) is 0 Å². The Kier molecular flexibility index (Phi) is 4.56. The maximum absolute atomic E-state index is 12.3. The standard InChI is InChI=1S/C16H24N3OS/c1-15(2)10-13(11-16(3,4)19(15)20)18-14(21)17-12-8-6-5-7-9-12/h5-9,13H,10-11H2,1-4H3,(H2,17,18,21). The van der Waals surface area contributed by atoms with Crippen molar-refractivity contribution in [3.63, 3.8) is 0 Å². The van der Waals surface area contributed by atoms with Gasteiger partial charge >= 0.3 is 0 Å². The molecular weight excluding hydrogens is 282 g/mol. The predicted molar refractivity (Wildman–Crippen MR) is 89.5 cm³/mol. The Hall–Kier alpha value is -1.17. The van der Waals surface area contributed by atoms with Crippen LogP contribution in [0.3, 0.4) is 0 Å². The van der Waals surface area contributed by atoms with Gasteiger partial charge in [-0.05, 0) is 64.9 Å². The zero-order valence-corrected chi connectivity index (χ0v) is 14.0. The zero-order valence-electron chi connectivity index (χ0n) is 13.1. The first kappa shape index (κ1) is 16.2. The molecule has 0 aliphatic carbocycles. The van der Waals surface area contributed by atoms with Crippen molar-refractivity contribution < 1.29 is 5.21 Å². The van der Waals surface area contributed by atoms with E-state index in [1.165, 1.54) is 5.06 Å². The topological polar surface area (TPSA) is 47.2 Å². The molecule has 4 nitrogen and oxygen atoms in total. The fourth-order valence-corrected chi connectivity index (χ4v) is 3.52. The second kappa shape index (κ2) is 5.91. The van der Waals surface area contributed by atoms with Crippen LogP contribution in [0.1, 0.15) is 40.5 Å². The number of piperidine rings is 1. The van der Waals surface area contributed by atoms with Crippen LogP contribution in [0.4, 0.5) is 5.69 Å². The molecule has 21 heavy (non-hydrogen) atoms. The van der Waals surface area contributed by atoms with Crippen molar-refractivity contribution in [3.8, 4) is 0 Å². The molecule has 0 aromatic heterocycles. The molecule has 0 unspecified atom stereocenters. The molecule has 1 aromatic rings. The SMILES string of the molecule is CC1(C)CC(NC(=S)Nc2ccccc2)CC(C)(C)N1[O]. The van der Waals surface area contributed by atoms with Crippen LogP contribution in [-0.4, -0.2) is 27.3 Å². The summed E-state index contributed by atoms with van der Waals surface area (Å²) in [6, 6.07) is 10.0. The van der Waals surface area contributed by atoms with E-state index in [0.29, 0.717) is 5.11 Å². The van der Waals surface area contributed by atoms with E-state index in [4.69, 9.17) is 12.2 Å². The number of hydrogen-bond donors (Lipinski definition) is 2. The number of nitrogens with one attached hydrogen (secondary N) is 2. The van der Waals surface area contributed by atoms with Crippen molar-refractivity contribution >= 4 is 23.0 Å². The Balaban J connectivity index is 1.98. The Morgan fingerprint density at radius 1 is 1.14 bits per heavy atom. The molecule has 2 rings (SSSR count). The second-order valence-corrected chi connectivity index (χ2v) is 7.40. The molecule has 0 spiro atoms. The highest BCUT2D eigenvalue weighted by Gasteiger charge is 2.46. The van der Waals surface area contributed by atoms with Gasteiger partial charge in [0.05, 0.1) is 0 Å². The molecule has 0 atom stereocenters. The largest absolute Gasteiger partial charge is 0.360 e. The Morgan fingerprint density at radius 3 is 2.19 bits per heavy atom. The van der Waals surface area contributed by atoms with E-state index < -0.39 is 0 Å². The summed E-state index contributed by atoms with van der Waals surface area (Å²) in [5.41, 5.74) is 0.193. The first-order valence-corrected chi connectivity index (χ1v) is 7.72. The lowest BCUT2D eigenvalue weighted by atomic mass is 9.79. The maximum atomic E-state index is 12.3. The smallest absolute Gasteiger partial charge is 0.170 e. The molecule has 1 saturated heterocycles. The molecular formula is C16H24N3OS. The highest BCUT2D eigenvalue weighted by atomic mass is 32.1.